The number of hydrogen-bond donors (Lipinski definition) is 2. The molecule has 6 rings (SSSR count). The van der Waals surface area contributed by atoms with E-state index in [1.54, 1.807) is 0 Å². The lowest BCUT2D eigenvalue weighted by Gasteiger charge is -2.25. The molecule has 1 aliphatic heterocycles. The highest BCUT2D eigenvalue weighted by Crippen LogP contribution is 2.31. The van der Waals surface area contributed by atoms with Gasteiger partial charge >= 0.3 is 0 Å². The quantitative estimate of drug-likeness (QED) is 0.502. The molecule has 32 heavy (non-hydrogen) atoms. The molecule has 4 heterocycles. The number of rotatable bonds is 3. The maximum absolute atomic E-state index is 8.87. The number of hydrogen-bond acceptors (Lipinski definition) is 5. The fourth-order valence-electron chi connectivity index (χ4n) is 4.32. The van der Waals surface area contributed by atoms with Crippen molar-refractivity contribution in [1.29, 1.82) is 0 Å². The van der Waals surface area contributed by atoms with Crippen molar-refractivity contribution in [3.8, 4) is 17.0 Å². The Morgan fingerprint density at radius 2 is 1.75 bits per heavy atom. The summed E-state index contributed by atoms with van der Waals surface area (Å²) in [5.74, 6) is 0.727. The number of aliphatic hydroxyl groups excluding tert-OH is 1. The molecule has 0 radical (unpaired) electrons. The summed E-state index contributed by atoms with van der Waals surface area (Å²) < 4.78 is 8.07. The molecule has 1 aliphatic carbocycles. The molecule has 1 saturated carbocycles. The lowest BCUT2D eigenvalue weighted by Crippen LogP contribution is -2.30. The summed E-state index contributed by atoms with van der Waals surface area (Å²) >= 11 is 0. The van der Waals surface area contributed by atoms with Crippen LogP contribution in [0.3, 0.4) is 0 Å². The van der Waals surface area contributed by atoms with Crippen molar-refractivity contribution < 1.29 is 9.84 Å². The van der Waals surface area contributed by atoms with Gasteiger partial charge in [0.05, 0.1) is 11.6 Å². The van der Waals surface area contributed by atoms with E-state index >= 15 is 0 Å². The Labute approximate surface area is 188 Å². The number of aromatic nitrogens is 3. The van der Waals surface area contributed by atoms with Crippen LogP contribution < -0.4 is 10.1 Å². The molecule has 4 aromatic rings. The van der Waals surface area contributed by atoms with Crippen LogP contribution in [0.1, 0.15) is 32.1 Å². The largest absolute Gasteiger partial charge is 0.474 e. The van der Waals surface area contributed by atoms with Crippen molar-refractivity contribution in [3.05, 3.63) is 55.0 Å². The molecule has 166 valence electrons. The highest BCUT2D eigenvalue weighted by Gasteiger charge is 2.19. The molecule has 2 N–H and O–H groups in total. The SMILES string of the molecule is Cn1c2ccncc2c2ccc(-c3ccc(OC4CCC4)nc3)cc21.OC1CCNCC1. The van der Waals surface area contributed by atoms with Crippen molar-refractivity contribution in [2.45, 2.75) is 44.3 Å². The van der Waals surface area contributed by atoms with Gasteiger partial charge in [-0.2, -0.15) is 0 Å². The Hall–Kier alpha value is -2.96. The van der Waals surface area contributed by atoms with E-state index in [2.05, 4.69) is 57.2 Å². The van der Waals surface area contributed by atoms with Crippen molar-refractivity contribution in [1.82, 2.24) is 19.9 Å². The summed E-state index contributed by atoms with van der Waals surface area (Å²) in [6.07, 6.45) is 11.4. The number of nitrogens with one attached hydrogen (secondary N) is 1. The average Bonchev–Trinajstić information content (AvgIpc) is 3.09. The first-order chi connectivity index (χ1) is 15.7. The minimum Gasteiger partial charge on any atom is -0.474 e. The number of nitrogens with zero attached hydrogens (tertiary/aromatic N) is 3. The van der Waals surface area contributed by atoms with Crippen LogP contribution in [0.5, 0.6) is 5.88 Å². The fraction of sp³-hybridized carbons (Fsp3) is 0.385. The van der Waals surface area contributed by atoms with Crippen LogP contribution in [0.25, 0.3) is 32.9 Å². The first kappa shape index (κ1) is 20.9. The van der Waals surface area contributed by atoms with Gasteiger partial charge < -0.3 is 19.7 Å². The average molecular weight is 431 g/mol. The number of aliphatic hydroxyl groups is 1. The molecular weight excluding hydrogens is 400 g/mol. The summed E-state index contributed by atoms with van der Waals surface area (Å²) in [7, 11) is 2.10. The first-order valence-corrected chi connectivity index (χ1v) is 11.5. The second-order valence-electron chi connectivity index (χ2n) is 8.72. The third-order valence-corrected chi connectivity index (χ3v) is 6.53. The van der Waals surface area contributed by atoms with Gasteiger partial charge in [0.2, 0.25) is 5.88 Å². The summed E-state index contributed by atoms with van der Waals surface area (Å²) in [6.45, 7) is 1.97. The monoisotopic (exact) mass is 430 g/mol. The Morgan fingerprint density at radius 1 is 0.938 bits per heavy atom. The molecule has 0 spiro atoms. The van der Waals surface area contributed by atoms with E-state index < -0.39 is 0 Å². The van der Waals surface area contributed by atoms with Crippen LogP contribution in [0.4, 0.5) is 0 Å². The summed E-state index contributed by atoms with van der Waals surface area (Å²) in [5.41, 5.74) is 4.67. The van der Waals surface area contributed by atoms with Gasteiger partial charge in [-0.25, -0.2) is 4.98 Å². The number of pyridine rings is 2. The van der Waals surface area contributed by atoms with Gasteiger partial charge in [0.15, 0.2) is 0 Å². The van der Waals surface area contributed by atoms with Crippen LogP contribution in [-0.2, 0) is 7.05 Å². The van der Waals surface area contributed by atoms with E-state index in [1.807, 2.05) is 24.7 Å². The first-order valence-electron chi connectivity index (χ1n) is 11.5. The molecule has 0 unspecified atom stereocenters. The topological polar surface area (TPSA) is 72.2 Å². The lowest BCUT2D eigenvalue weighted by molar-refractivity contribution is 0.114. The van der Waals surface area contributed by atoms with E-state index in [9.17, 15) is 0 Å². The fourth-order valence-corrected chi connectivity index (χ4v) is 4.32. The molecule has 6 heteroatoms. The van der Waals surface area contributed by atoms with Gasteiger partial charge in [0.1, 0.15) is 6.10 Å². The van der Waals surface area contributed by atoms with E-state index in [0.717, 1.165) is 55.8 Å². The van der Waals surface area contributed by atoms with E-state index in [1.165, 1.54) is 28.2 Å². The molecule has 2 fully saturated rings. The van der Waals surface area contributed by atoms with E-state index in [4.69, 9.17) is 9.84 Å². The molecule has 0 amide bonds. The standard InChI is InChI=1S/C21H19N3O.C5H11NO/c1-24-19-9-10-22-13-18(19)17-7-5-14(11-20(17)24)15-6-8-21(23-12-15)25-16-3-2-4-16;7-5-1-3-6-4-2-5/h5-13,16H,2-4H2,1H3;5-7H,1-4H2. The van der Waals surface area contributed by atoms with Crippen LogP contribution in [0.15, 0.2) is 55.0 Å². The third kappa shape index (κ3) is 4.33. The Morgan fingerprint density at radius 3 is 2.41 bits per heavy atom. The Kier molecular flexibility index (Phi) is 6.06. The van der Waals surface area contributed by atoms with Crippen molar-refractivity contribution >= 4 is 21.8 Å². The second kappa shape index (κ2) is 9.27. The van der Waals surface area contributed by atoms with Crippen LogP contribution >= 0.6 is 0 Å². The molecule has 0 bridgehead atoms. The van der Waals surface area contributed by atoms with Crippen molar-refractivity contribution in [2.75, 3.05) is 13.1 Å². The molecule has 1 saturated heterocycles. The highest BCUT2D eigenvalue weighted by atomic mass is 16.5. The van der Waals surface area contributed by atoms with E-state index in [0.29, 0.717) is 6.10 Å². The zero-order valence-corrected chi connectivity index (χ0v) is 18.5. The Bertz CT molecular complexity index is 1190. The highest BCUT2D eigenvalue weighted by molar-refractivity contribution is 6.08. The predicted octanol–water partition coefficient (Wildman–Crippen LogP) is 4.45. The van der Waals surface area contributed by atoms with Crippen LogP contribution in [-0.4, -0.2) is 44.9 Å². The molecule has 0 atom stereocenters. The number of benzene rings is 1. The van der Waals surface area contributed by atoms with Crippen LogP contribution in [0.2, 0.25) is 0 Å². The zero-order valence-electron chi connectivity index (χ0n) is 18.5. The zero-order chi connectivity index (χ0) is 21.9. The maximum atomic E-state index is 8.87. The lowest BCUT2D eigenvalue weighted by atomic mass is 9.96. The van der Waals surface area contributed by atoms with Crippen LogP contribution in [0, 0.1) is 0 Å². The Balaban J connectivity index is 0.000000265. The maximum Gasteiger partial charge on any atom is 0.213 e. The third-order valence-electron chi connectivity index (χ3n) is 6.53. The minimum absolute atomic E-state index is 0.0266. The summed E-state index contributed by atoms with van der Waals surface area (Å²) in [6, 6.07) is 12.7. The van der Waals surface area contributed by atoms with E-state index in [-0.39, 0.29) is 6.10 Å². The molecule has 6 nitrogen and oxygen atoms in total. The predicted molar refractivity (Wildman–Crippen MR) is 128 cm³/mol. The summed E-state index contributed by atoms with van der Waals surface area (Å²) in [5, 5.41) is 14.4. The van der Waals surface area contributed by atoms with Gasteiger partial charge in [0, 0.05) is 53.6 Å². The normalized spacial score (nSPS) is 17.1. The van der Waals surface area contributed by atoms with Crippen molar-refractivity contribution in [3.63, 3.8) is 0 Å². The second-order valence-corrected chi connectivity index (χ2v) is 8.72. The summed E-state index contributed by atoms with van der Waals surface area (Å²) in [4.78, 5) is 8.75. The number of piperidine rings is 1. The molecular formula is C26H30N4O2. The molecule has 3 aromatic heterocycles. The molecule has 2 aliphatic rings. The smallest absolute Gasteiger partial charge is 0.213 e. The number of fused-ring (bicyclic) bond motifs is 3. The van der Waals surface area contributed by atoms with Crippen molar-refractivity contribution in [2.24, 2.45) is 7.05 Å². The van der Waals surface area contributed by atoms with Gasteiger partial charge in [0.25, 0.3) is 0 Å². The van der Waals surface area contributed by atoms with Gasteiger partial charge in [-0.1, -0.05) is 12.1 Å². The van der Waals surface area contributed by atoms with Gasteiger partial charge in [-0.15, -0.1) is 0 Å². The van der Waals surface area contributed by atoms with Gasteiger partial charge in [-0.05, 0) is 69.0 Å². The number of ether oxygens (including phenoxy) is 1. The minimum atomic E-state index is -0.0266. The molecule has 1 aromatic carbocycles. The van der Waals surface area contributed by atoms with Gasteiger partial charge in [-0.3, -0.25) is 4.98 Å². The number of aryl methyl sites for hydroxylation is 1.